The van der Waals surface area contributed by atoms with Crippen LogP contribution in [0.2, 0.25) is 5.02 Å². The fraction of sp³-hybridized carbons (Fsp3) is 0.357. The molecule has 0 aromatic heterocycles. The normalized spacial score (nSPS) is 17.6. The number of nitrogens with zero attached hydrogens (tertiary/aromatic N) is 2. The second-order valence-corrected chi connectivity index (χ2v) is 11.7. The van der Waals surface area contributed by atoms with Crippen LogP contribution in [0, 0.1) is 0 Å². The van der Waals surface area contributed by atoms with Gasteiger partial charge in [-0.2, -0.15) is 0 Å². The van der Waals surface area contributed by atoms with E-state index in [9.17, 15) is 8.42 Å². The Morgan fingerprint density at radius 3 is 2.37 bits per heavy atom. The summed E-state index contributed by atoms with van der Waals surface area (Å²) in [5.41, 5.74) is 2.49. The van der Waals surface area contributed by atoms with Crippen molar-refractivity contribution in [2.75, 3.05) is 33.2 Å². The molecule has 3 aromatic rings. The van der Waals surface area contributed by atoms with Crippen LogP contribution in [0.3, 0.4) is 0 Å². The zero-order valence-corrected chi connectivity index (χ0v) is 22.5. The number of benzene rings is 3. The molecular weight excluding hydrogens is 499 g/mol. The lowest BCUT2D eigenvalue weighted by atomic mass is 9.90. The second-order valence-electron chi connectivity index (χ2n) is 9.19. The summed E-state index contributed by atoms with van der Waals surface area (Å²) in [4.78, 5) is 2.86. The molecule has 3 aromatic carbocycles. The number of hydrogen-bond donors (Lipinski definition) is 0. The Kier molecular flexibility index (Phi) is 10.2. The van der Waals surface area contributed by atoms with Gasteiger partial charge in [0.1, 0.15) is 0 Å². The van der Waals surface area contributed by atoms with Crippen LogP contribution >= 0.6 is 24.0 Å². The molecule has 0 N–H and O–H groups in total. The molecular formula is C28H34Cl2N2O2S. The van der Waals surface area contributed by atoms with E-state index in [1.807, 2.05) is 24.3 Å². The molecule has 2 atom stereocenters. The Morgan fingerprint density at radius 1 is 1.00 bits per heavy atom. The van der Waals surface area contributed by atoms with Gasteiger partial charge in [-0.3, -0.25) is 0 Å². The SMILES string of the molecule is CN(C[C@@H](CCN1CCCC(c2ccccc2)C1)c1cccc(Cl)c1)S(=O)(=O)c1ccccc1.Cl. The van der Waals surface area contributed by atoms with E-state index in [4.69, 9.17) is 11.6 Å². The van der Waals surface area contributed by atoms with Crippen LogP contribution in [0.15, 0.2) is 89.8 Å². The lowest BCUT2D eigenvalue weighted by molar-refractivity contribution is 0.199. The maximum atomic E-state index is 13.2. The molecule has 1 saturated heterocycles. The number of likely N-dealkylation sites (tertiary alicyclic amines) is 1. The topological polar surface area (TPSA) is 40.6 Å². The van der Waals surface area contributed by atoms with Crippen molar-refractivity contribution >= 4 is 34.0 Å². The Hall–Kier alpha value is -1.89. The highest BCUT2D eigenvalue weighted by atomic mass is 35.5. The first-order chi connectivity index (χ1) is 16.4. The largest absolute Gasteiger partial charge is 0.303 e. The zero-order chi connectivity index (χ0) is 24.0. The quantitative estimate of drug-likeness (QED) is 0.318. The van der Waals surface area contributed by atoms with E-state index in [-0.39, 0.29) is 18.3 Å². The van der Waals surface area contributed by atoms with Gasteiger partial charge in [-0.1, -0.05) is 72.3 Å². The van der Waals surface area contributed by atoms with Crippen molar-refractivity contribution < 1.29 is 8.42 Å². The van der Waals surface area contributed by atoms with Gasteiger partial charge in [-0.25, -0.2) is 12.7 Å². The first kappa shape index (κ1) is 27.7. The third-order valence-electron chi connectivity index (χ3n) is 6.82. The van der Waals surface area contributed by atoms with E-state index in [1.165, 1.54) is 22.7 Å². The summed E-state index contributed by atoms with van der Waals surface area (Å²) < 4.78 is 27.8. The van der Waals surface area contributed by atoms with Gasteiger partial charge in [0.2, 0.25) is 10.0 Å². The summed E-state index contributed by atoms with van der Waals surface area (Å²) in [6, 6.07) is 27.2. The number of likely N-dealkylation sites (N-methyl/N-ethyl adjacent to an activating group) is 1. The molecule has 1 fully saturated rings. The lowest BCUT2D eigenvalue weighted by Gasteiger charge is -2.34. The summed E-state index contributed by atoms with van der Waals surface area (Å²) in [6.07, 6.45) is 3.27. The minimum atomic E-state index is -3.55. The summed E-state index contributed by atoms with van der Waals surface area (Å²) in [7, 11) is -1.88. The third kappa shape index (κ3) is 7.31. The van der Waals surface area contributed by atoms with Gasteiger partial charge in [0.15, 0.2) is 0 Å². The van der Waals surface area contributed by atoms with Gasteiger partial charge >= 0.3 is 0 Å². The Labute approximate surface area is 221 Å². The van der Waals surface area contributed by atoms with Crippen molar-refractivity contribution in [1.29, 1.82) is 0 Å². The van der Waals surface area contributed by atoms with Crippen LogP contribution in [-0.4, -0.2) is 50.8 Å². The standard InChI is InChI=1S/C28H33ClN2O2S.ClH/c1-30(34(32,33)28-15-6-3-7-16-28)21-26(24-12-8-14-27(29)20-24)17-19-31-18-9-13-25(22-31)23-10-4-2-5-11-23;/h2-8,10-12,14-16,20,25-26H,9,13,17-19,21-22H2,1H3;1H/t25?,26-;/m1./s1. The monoisotopic (exact) mass is 532 g/mol. The molecule has 0 amide bonds. The Bertz CT molecular complexity index is 1160. The van der Waals surface area contributed by atoms with Crippen molar-refractivity contribution in [2.24, 2.45) is 0 Å². The molecule has 0 radical (unpaired) electrons. The average Bonchev–Trinajstić information content (AvgIpc) is 2.87. The molecule has 188 valence electrons. The molecule has 4 rings (SSSR count). The molecule has 1 aliphatic rings. The molecule has 0 aliphatic carbocycles. The molecule has 1 heterocycles. The lowest BCUT2D eigenvalue weighted by Crippen LogP contribution is -2.37. The highest BCUT2D eigenvalue weighted by Crippen LogP contribution is 2.30. The van der Waals surface area contributed by atoms with E-state index >= 15 is 0 Å². The van der Waals surface area contributed by atoms with Crippen LogP contribution in [0.25, 0.3) is 0 Å². The Balaban J connectivity index is 0.00000342. The molecule has 0 bridgehead atoms. The van der Waals surface area contributed by atoms with Crippen LogP contribution in [-0.2, 0) is 10.0 Å². The number of piperidine rings is 1. The van der Waals surface area contributed by atoms with Crippen LogP contribution in [0.4, 0.5) is 0 Å². The predicted octanol–water partition coefficient (Wildman–Crippen LogP) is 6.44. The van der Waals surface area contributed by atoms with Crippen molar-refractivity contribution in [3.05, 3.63) is 101 Å². The average molecular weight is 534 g/mol. The zero-order valence-electron chi connectivity index (χ0n) is 20.1. The van der Waals surface area contributed by atoms with E-state index < -0.39 is 10.0 Å². The molecule has 35 heavy (non-hydrogen) atoms. The van der Waals surface area contributed by atoms with Crippen molar-refractivity contribution in [3.8, 4) is 0 Å². The second kappa shape index (κ2) is 12.9. The smallest absolute Gasteiger partial charge is 0.242 e. The van der Waals surface area contributed by atoms with Crippen molar-refractivity contribution in [1.82, 2.24) is 9.21 Å². The highest BCUT2D eigenvalue weighted by Gasteiger charge is 2.26. The minimum Gasteiger partial charge on any atom is -0.303 e. The van der Waals surface area contributed by atoms with E-state index in [1.54, 1.807) is 31.3 Å². The number of rotatable bonds is 9. The molecule has 7 heteroatoms. The fourth-order valence-corrected chi connectivity index (χ4v) is 6.33. The van der Waals surface area contributed by atoms with Crippen molar-refractivity contribution in [3.63, 3.8) is 0 Å². The minimum absolute atomic E-state index is 0. The van der Waals surface area contributed by atoms with E-state index in [0.29, 0.717) is 22.4 Å². The number of halogens is 2. The maximum absolute atomic E-state index is 13.2. The predicted molar refractivity (Wildman–Crippen MR) is 147 cm³/mol. The van der Waals surface area contributed by atoms with Gasteiger partial charge in [-0.15, -0.1) is 12.4 Å². The summed E-state index contributed by atoms with van der Waals surface area (Å²) >= 11 is 6.30. The van der Waals surface area contributed by atoms with Crippen LogP contribution < -0.4 is 0 Å². The number of hydrogen-bond acceptors (Lipinski definition) is 3. The van der Waals surface area contributed by atoms with Gasteiger partial charge in [-0.05, 0) is 79.6 Å². The number of sulfonamides is 1. The fourth-order valence-electron chi connectivity index (χ4n) is 4.90. The molecule has 1 aliphatic heterocycles. The molecule has 4 nitrogen and oxygen atoms in total. The van der Waals surface area contributed by atoms with Crippen LogP contribution in [0.5, 0.6) is 0 Å². The molecule has 0 saturated carbocycles. The van der Waals surface area contributed by atoms with Crippen molar-refractivity contribution in [2.45, 2.75) is 36.0 Å². The van der Waals surface area contributed by atoms with Gasteiger partial charge in [0.25, 0.3) is 0 Å². The summed E-state index contributed by atoms with van der Waals surface area (Å²) in [5, 5.41) is 0.679. The van der Waals surface area contributed by atoms with Crippen LogP contribution in [0.1, 0.15) is 42.2 Å². The van der Waals surface area contributed by atoms with Gasteiger partial charge < -0.3 is 4.90 Å². The highest BCUT2D eigenvalue weighted by molar-refractivity contribution is 7.89. The summed E-state index contributed by atoms with van der Waals surface area (Å²) in [5.74, 6) is 0.611. The van der Waals surface area contributed by atoms with E-state index in [2.05, 4.69) is 41.3 Å². The molecule has 1 unspecified atom stereocenters. The van der Waals surface area contributed by atoms with Gasteiger partial charge in [0, 0.05) is 25.2 Å². The van der Waals surface area contributed by atoms with Gasteiger partial charge in [0.05, 0.1) is 4.90 Å². The first-order valence-electron chi connectivity index (χ1n) is 12.0. The third-order valence-corrected chi connectivity index (χ3v) is 8.89. The van der Waals surface area contributed by atoms with E-state index in [0.717, 1.165) is 31.6 Å². The summed E-state index contributed by atoms with van der Waals surface area (Å²) in [6.45, 7) is 3.47. The maximum Gasteiger partial charge on any atom is 0.242 e. The first-order valence-corrected chi connectivity index (χ1v) is 13.8. The Morgan fingerprint density at radius 2 is 1.69 bits per heavy atom. The molecule has 0 spiro atoms.